The summed E-state index contributed by atoms with van der Waals surface area (Å²) < 4.78 is 0. The summed E-state index contributed by atoms with van der Waals surface area (Å²) >= 11 is 4.53. The lowest BCUT2D eigenvalue weighted by Gasteiger charge is -2.31. The third-order valence-electron chi connectivity index (χ3n) is 3.25. The smallest absolute Gasteiger partial charge is 0.267 e. The zero-order valence-corrected chi connectivity index (χ0v) is 11.7. The molecule has 0 bridgehead atoms. The van der Waals surface area contributed by atoms with Crippen molar-refractivity contribution in [2.75, 3.05) is 10.0 Å². The summed E-state index contributed by atoms with van der Waals surface area (Å²) in [5, 5.41) is 3.11. The second kappa shape index (κ2) is 5.06. The van der Waals surface area contributed by atoms with Gasteiger partial charge < -0.3 is 0 Å². The molecule has 0 saturated carbocycles. The second-order valence-electron chi connectivity index (χ2n) is 4.53. The van der Waals surface area contributed by atoms with Crippen molar-refractivity contribution in [1.82, 2.24) is 0 Å². The van der Waals surface area contributed by atoms with Gasteiger partial charge in [0.15, 0.2) is 0 Å². The summed E-state index contributed by atoms with van der Waals surface area (Å²) in [6.07, 6.45) is 0. The van der Waals surface area contributed by atoms with E-state index in [0.717, 1.165) is 11.4 Å². The van der Waals surface area contributed by atoms with Crippen LogP contribution in [0.2, 0.25) is 0 Å². The minimum atomic E-state index is -0.356. The van der Waals surface area contributed by atoms with Gasteiger partial charge in [-0.1, -0.05) is 43.0 Å². The number of hydrazine groups is 1. The van der Waals surface area contributed by atoms with E-state index in [1.807, 2.05) is 65.7 Å². The molecule has 1 unspecified atom stereocenters. The second-order valence-corrected chi connectivity index (χ2v) is 5.02. The molecule has 2 aromatic carbocycles. The number of carbonyl (C=O) groups is 1. The normalized spacial score (nSPS) is 18.8. The van der Waals surface area contributed by atoms with Crippen LogP contribution in [0, 0.1) is 0 Å². The number of nitrogens with zero attached hydrogens (tertiary/aromatic N) is 2. The first-order chi connectivity index (χ1) is 9.70. The van der Waals surface area contributed by atoms with Crippen LogP contribution in [0.15, 0.2) is 72.8 Å². The number of amides is 1. The Labute approximate surface area is 123 Å². The van der Waals surface area contributed by atoms with Gasteiger partial charge in [-0.3, -0.25) is 9.80 Å². The van der Waals surface area contributed by atoms with Crippen LogP contribution in [0.4, 0.5) is 11.4 Å². The molecule has 1 saturated heterocycles. The lowest BCUT2D eigenvalue weighted by atomic mass is 10.3. The fraction of sp³-hybridized carbons (Fsp3) is 0.0625. The molecule has 3 rings (SSSR count). The van der Waals surface area contributed by atoms with E-state index in [1.165, 1.54) is 0 Å². The van der Waals surface area contributed by atoms with Crippen molar-refractivity contribution in [1.29, 1.82) is 0 Å². The van der Waals surface area contributed by atoms with Crippen molar-refractivity contribution >= 4 is 29.9 Å². The van der Waals surface area contributed by atoms with Crippen LogP contribution in [0.1, 0.15) is 0 Å². The molecule has 100 valence electrons. The molecule has 0 N–H and O–H groups in total. The van der Waals surface area contributed by atoms with Crippen molar-refractivity contribution in [2.24, 2.45) is 0 Å². The largest absolute Gasteiger partial charge is 0.275 e. The Kier molecular flexibility index (Phi) is 3.24. The lowest BCUT2D eigenvalue weighted by molar-refractivity contribution is -0.114. The number of carbonyl (C=O) groups excluding carboxylic acids is 1. The molecule has 1 atom stereocenters. The minimum absolute atomic E-state index is 0.125. The molecule has 2 aromatic rings. The van der Waals surface area contributed by atoms with Gasteiger partial charge in [-0.2, -0.15) is 0 Å². The van der Waals surface area contributed by atoms with Gasteiger partial charge >= 0.3 is 0 Å². The Morgan fingerprint density at radius 3 is 1.95 bits per heavy atom. The summed E-state index contributed by atoms with van der Waals surface area (Å²) in [5.74, 6) is -0.125. The predicted molar refractivity (Wildman–Crippen MR) is 84.8 cm³/mol. The van der Waals surface area contributed by atoms with Gasteiger partial charge in [0, 0.05) is 5.57 Å². The topological polar surface area (TPSA) is 23.6 Å². The number of anilines is 2. The van der Waals surface area contributed by atoms with E-state index in [0.29, 0.717) is 5.57 Å². The van der Waals surface area contributed by atoms with Crippen LogP contribution < -0.4 is 10.0 Å². The molecule has 1 aliphatic rings. The highest BCUT2D eigenvalue weighted by molar-refractivity contribution is 7.81. The summed E-state index contributed by atoms with van der Waals surface area (Å²) in [7, 11) is 0. The van der Waals surface area contributed by atoms with E-state index < -0.39 is 0 Å². The minimum Gasteiger partial charge on any atom is -0.267 e. The number of para-hydroxylation sites is 2. The van der Waals surface area contributed by atoms with E-state index in [1.54, 1.807) is 5.01 Å². The first-order valence-corrected chi connectivity index (χ1v) is 6.82. The molecule has 0 aliphatic carbocycles. The summed E-state index contributed by atoms with van der Waals surface area (Å²) in [6, 6.07) is 19.2. The van der Waals surface area contributed by atoms with Crippen molar-refractivity contribution < 1.29 is 4.79 Å². The molecule has 1 heterocycles. The van der Waals surface area contributed by atoms with Crippen molar-refractivity contribution in [2.45, 2.75) is 5.37 Å². The first kappa shape index (κ1) is 12.8. The molecule has 20 heavy (non-hydrogen) atoms. The summed E-state index contributed by atoms with van der Waals surface area (Å²) in [4.78, 5) is 12.4. The van der Waals surface area contributed by atoms with Crippen LogP contribution in [-0.4, -0.2) is 11.3 Å². The third-order valence-corrected chi connectivity index (χ3v) is 3.78. The fourth-order valence-electron chi connectivity index (χ4n) is 2.25. The van der Waals surface area contributed by atoms with Crippen LogP contribution in [0.25, 0.3) is 0 Å². The van der Waals surface area contributed by atoms with Crippen molar-refractivity contribution in [3.05, 3.63) is 72.8 Å². The van der Waals surface area contributed by atoms with E-state index in [-0.39, 0.29) is 11.3 Å². The third kappa shape index (κ3) is 1.98. The fourth-order valence-corrected chi connectivity index (χ4v) is 2.60. The lowest BCUT2D eigenvalue weighted by Crippen LogP contribution is -2.41. The average molecular weight is 282 g/mol. The molecule has 1 fully saturated rings. The highest BCUT2D eigenvalue weighted by Gasteiger charge is 2.40. The summed E-state index contributed by atoms with van der Waals surface area (Å²) in [5.41, 5.74) is 2.18. The highest BCUT2D eigenvalue weighted by atomic mass is 32.1. The average Bonchev–Trinajstić information content (AvgIpc) is 2.73. The monoisotopic (exact) mass is 282 g/mol. The zero-order chi connectivity index (χ0) is 14.1. The molecule has 0 aromatic heterocycles. The molecule has 1 amide bonds. The van der Waals surface area contributed by atoms with Gasteiger partial charge in [0.25, 0.3) is 5.91 Å². The molecular weight excluding hydrogens is 268 g/mol. The standard InChI is InChI=1S/C16H14N2OS/c1-12-15(19)17(13-8-4-2-5-9-13)18(16(12)20)14-10-6-3-7-11-14/h2-11,16,20H,1H2. The maximum Gasteiger partial charge on any atom is 0.275 e. The molecule has 0 spiro atoms. The molecular formula is C16H14N2OS. The van der Waals surface area contributed by atoms with Crippen LogP contribution in [0.5, 0.6) is 0 Å². The molecule has 4 heteroatoms. The predicted octanol–water partition coefficient (Wildman–Crippen LogP) is 3.27. The van der Waals surface area contributed by atoms with Crippen LogP contribution in [0.3, 0.4) is 0 Å². The number of hydrogen-bond acceptors (Lipinski definition) is 3. The van der Waals surface area contributed by atoms with Gasteiger partial charge in [-0.25, -0.2) is 5.01 Å². The Bertz CT molecular complexity index is 642. The van der Waals surface area contributed by atoms with Gasteiger partial charge in [0.2, 0.25) is 0 Å². The first-order valence-electron chi connectivity index (χ1n) is 6.30. The molecule has 0 radical (unpaired) electrons. The van der Waals surface area contributed by atoms with Crippen LogP contribution in [-0.2, 0) is 4.79 Å². The molecule has 3 nitrogen and oxygen atoms in total. The van der Waals surface area contributed by atoms with E-state index in [4.69, 9.17) is 0 Å². The quantitative estimate of drug-likeness (QED) is 0.675. The van der Waals surface area contributed by atoms with Gasteiger partial charge in [0.1, 0.15) is 5.37 Å². The Morgan fingerprint density at radius 1 is 0.900 bits per heavy atom. The Balaban J connectivity index is 2.10. The SMILES string of the molecule is C=C1C(=O)N(c2ccccc2)N(c2ccccc2)C1S. The number of rotatable bonds is 2. The summed E-state index contributed by atoms with van der Waals surface area (Å²) in [6.45, 7) is 3.86. The number of benzene rings is 2. The zero-order valence-electron chi connectivity index (χ0n) is 10.8. The van der Waals surface area contributed by atoms with E-state index >= 15 is 0 Å². The number of thiol groups is 1. The van der Waals surface area contributed by atoms with Gasteiger partial charge in [0.05, 0.1) is 11.4 Å². The van der Waals surface area contributed by atoms with Gasteiger partial charge in [-0.05, 0) is 24.3 Å². The maximum absolute atomic E-state index is 12.4. The van der Waals surface area contributed by atoms with Gasteiger partial charge in [-0.15, -0.1) is 12.6 Å². The van der Waals surface area contributed by atoms with E-state index in [2.05, 4.69) is 19.2 Å². The molecule has 1 aliphatic heterocycles. The van der Waals surface area contributed by atoms with Crippen LogP contribution >= 0.6 is 12.6 Å². The van der Waals surface area contributed by atoms with Crippen molar-refractivity contribution in [3.63, 3.8) is 0 Å². The van der Waals surface area contributed by atoms with E-state index in [9.17, 15) is 4.79 Å². The maximum atomic E-state index is 12.4. The Morgan fingerprint density at radius 2 is 1.40 bits per heavy atom. The number of hydrogen-bond donors (Lipinski definition) is 1. The van der Waals surface area contributed by atoms with Crippen molar-refractivity contribution in [3.8, 4) is 0 Å². The highest BCUT2D eigenvalue weighted by Crippen LogP contribution is 2.35. The Hall–Kier alpha value is -2.20.